The highest BCUT2D eigenvalue weighted by atomic mass is 19.1. The summed E-state index contributed by atoms with van der Waals surface area (Å²) < 4.78 is 14.8. The number of nitrogens with zero attached hydrogens (tertiary/aromatic N) is 5. The molecule has 2 atom stereocenters. The second-order valence-electron chi connectivity index (χ2n) is 6.58. The Hall–Kier alpha value is -3.62. The average Bonchev–Trinajstić information content (AvgIpc) is 3.38. The molecule has 1 aliphatic rings. The first-order valence-corrected chi connectivity index (χ1v) is 8.61. The number of aromatic nitrogens is 4. The second-order valence-corrected chi connectivity index (χ2v) is 6.58. The minimum Gasteiger partial charge on any atom is -0.481 e. The van der Waals surface area contributed by atoms with Crippen LogP contribution in [0.15, 0.2) is 55.2 Å². The Balaban J connectivity index is 1.59. The highest BCUT2D eigenvalue weighted by Gasteiger charge is 2.40. The molecule has 1 saturated heterocycles. The van der Waals surface area contributed by atoms with Crippen LogP contribution in [0.25, 0.3) is 5.82 Å². The molecule has 1 N–H and O–H groups in total. The van der Waals surface area contributed by atoms with Crippen molar-refractivity contribution < 1.29 is 19.1 Å². The zero-order chi connectivity index (χ0) is 19.7. The summed E-state index contributed by atoms with van der Waals surface area (Å²) >= 11 is 0. The van der Waals surface area contributed by atoms with Crippen LogP contribution in [-0.2, 0) is 4.79 Å². The van der Waals surface area contributed by atoms with Gasteiger partial charge in [-0.05, 0) is 29.8 Å². The van der Waals surface area contributed by atoms with Crippen molar-refractivity contribution in [2.45, 2.75) is 5.92 Å². The van der Waals surface area contributed by atoms with Gasteiger partial charge in [0.25, 0.3) is 5.91 Å². The maximum atomic E-state index is 13.2. The lowest BCUT2D eigenvalue weighted by atomic mass is 9.89. The first-order chi connectivity index (χ1) is 13.5. The van der Waals surface area contributed by atoms with Crippen LogP contribution in [0.3, 0.4) is 0 Å². The van der Waals surface area contributed by atoms with Crippen molar-refractivity contribution >= 4 is 11.9 Å². The molecule has 1 fully saturated rings. The maximum absolute atomic E-state index is 13.2. The fraction of sp³-hybridized carbons (Fsp3) is 0.211. The van der Waals surface area contributed by atoms with Crippen LogP contribution >= 0.6 is 0 Å². The van der Waals surface area contributed by atoms with Gasteiger partial charge >= 0.3 is 5.97 Å². The zero-order valence-electron chi connectivity index (χ0n) is 14.6. The first kappa shape index (κ1) is 17.8. The molecule has 28 heavy (non-hydrogen) atoms. The minimum absolute atomic E-state index is 0.0838. The van der Waals surface area contributed by atoms with Gasteiger partial charge in [0.05, 0.1) is 5.92 Å². The molecule has 0 radical (unpaired) electrons. The quantitative estimate of drug-likeness (QED) is 0.739. The summed E-state index contributed by atoms with van der Waals surface area (Å²) in [7, 11) is 0. The lowest BCUT2D eigenvalue weighted by Gasteiger charge is -2.17. The smallest absolute Gasteiger partial charge is 0.308 e. The third-order valence-electron chi connectivity index (χ3n) is 4.90. The predicted molar refractivity (Wildman–Crippen MR) is 95.3 cm³/mol. The molecule has 1 aromatic carbocycles. The molecule has 0 saturated carbocycles. The summed E-state index contributed by atoms with van der Waals surface area (Å²) in [6, 6.07) is 8.92. The number of likely N-dealkylation sites (tertiary alicyclic amines) is 1. The number of amides is 1. The third kappa shape index (κ3) is 3.34. The number of rotatable bonds is 4. The maximum Gasteiger partial charge on any atom is 0.308 e. The number of halogens is 1. The lowest BCUT2D eigenvalue weighted by Crippen LogP contribution is -2.30. The van der Waals surface area contributed by atoms with Crippen molar-refractivity contribution in [1.82, 2.24) is 24.6 Å². The second kappa shape index (κ2) is 7.18. The number of carboxylic acid groups (broad SMARTS) is 1. The Labute approximate surface area is 159 Å². The molecule has 1 aliphatic heterocycles. The predicted octanol–water partition coefficient (Wildman–Crippen LogP) is 1.74. The Bertz CT molecular complexity index is 1010. The summed E-state index contributed by atoms with van der Waals surface area (Å²) in [6.07, 6.45) is 4.44. The van der Waals surface area contributed by atoms with Crippen LogP contribution in [-0.4, -0.2) is 54.7 Å². The van der Waals surface area contributed by atoms with Gasteiger partial charge < -0.3 is 10.0 Å². The van der Waals surface area contributed by atoms with Gasteiger partial charge in [0.2, 0.25) is 0 Å². The van der Waals surface area contributed by atoms with Gasteiger partial charge in [-0.25, -0.2) is 9.37 Å². The largest absolute Gasteiger partial charge is 0.481 e. The molecule has 4 rings (SSSR count). The number of hydrogen-bond donors (Lipinski definition) is 1. The van der Waals surface area contributed by atoms with Crippen LogP contribution < -0.4 is 0 Å². The van der Waals surface area contributed by atoms with E-state index in [2.05, 4.69) is 15.2 Å². The number of aliphatic carboxylic acids is 1. The fourth-order valence-corrected chi connectivity index (χ4v) is 3.46. The summed E-state index contributed by atoms with van der Waals surface area (Å²) in [5.74, 6) is -2.33. The molecule has 9 heteroatoms. The number of hydrogen-bond acceptors (Lipinski definition) is 5. The summed E-state index contributed by atoms with van der Waals surface area (Å²) in [4.78, 5) is 30.4. The monoisotopic (exact) mass is 381 g/mol. The van der Waals surface area contributed by atoms with Gasteiger partial charge in [-0.15, -0.1) is 10.2 Å². The van der Waals surface area contributed by atoms with Crippen molar-refractivity contribution in [3.8, 4) is 5.82 Å². The van der Waals surface area contributed by atoms with Gasteiger partial charge in [-0.2, -0.15) is 0 Å². The van der Waals surface area contributed by atoms with E-state index in [0.29, 0.717) is 16.9 Å². The van der Waals surface area contributed by atoms with E-state index in [1.54, 1.807) is 28.8 Å². The molecular weight excluding hydrogens is 365 g/mol. The molecule has 0 aliphatic carbocycles. The molecule has 3 heterocycles. The van der Waals surface area contributed by atoms with E-state index in [4.69, 9.17) is 0 Å². The number of carboxylic acids is 1. The van der Waals surface area contributed by atoms with Crippen LogP contribution in [0.4, 0.5) is 4.39 Å². The summed E-state index contributed by atoms with van der Waals surface area (Å²) in [5.41, 5.74) is 1.09. The normalized spacial score (nSPS) is 19.0. The summed E-state index contributed by atoms with van der Waals surface area (Å²) in [5, 5.41) is 17.0. The highest BCUT2D eigenvalue weighted by molar-refractivity contribution is 5.95. The van der Waals surface area contributed by atoms with E-state index < -0.39 is 17.8 Å². The van der Waals surface area contributed by atoms with Gasteiger partial charge in [0.1, 0.15) is 24.3 Å². The first-order valence-electron chi connectivity index (χ1n) is 8.61. The molecule has 2 aromatic heterocycles. The Morgan fingerprint density at radius 2 is 1.79 bits per heavy atom. The van der Waals surface area contributed by atoms with Crippen LogP contribution in [0.5, 0.6) is 0 Å². The standard InChI is InChI=1S/C19H16FN5O3/c20-14-3-1-12(2-4-14)15-8-24(9-16(15)19(27)28)18(26)13-5-6-21-17(7-13)25-10-22-23-11-25/h1-7,10-11,15-16H,8-9H2,(H,27,28)/t15-,16+/m0/s1. The fourth-order valence-electron chi connectivity index (χ4n) is 3.46. The average molecular weight is 381 g/mol. The van der Waals surface area contributed by atoms with Gasteiger partial charge in [0, 0.05) is 30.8 Å². The molecule has 1 amide bonds. The van der Waals surface area contributed by atoms with E-state index >= 15 is 0 Å². The number of carbonyl (C=O) groups excluding carboxylic acids is 1. The molecule has 8 nitrogen and oxygen atoms in total. The lowest BCUT2D eigenvalue weighted by molar-refractivity contribution is -0.141. The molecule has 142 valence electrons. The van der Waals surface area contributed by atoms with Crippen LogP contribution in [0.2, 0.25) is 0 Å². The van der Waals surface area contributed by atoms with Crippen LogP contribution in [0, 0.1) is 11.7 Å². The van der Waals surface area contributed by atoms with Crippen molar-refractivity contribution in [1.29, 1.82) is 0 Å². The van der Waals surface area contributed by atoms with Gasteiger partial charge in [0.15, 0.2) is 0 Å². The number of benzene rings is 1. The zero-order valence-corrected chi connectivity index (χ0v) is 14.6. The van der Waals surface area contributed by atoms with Crippen molar-refractivity contribution in [2.24, 2.45) is 5.92 Å². The van der Waals surface area contributed by atoms with Gasteiger partial charge in [-0.1, -0.05) is 12.1 Å². The Kier molecular flexibility index (Phi) is 4.56. The van der Waals surface area contributed by atoms with E-state index in [1.165, 1.54) is 35.9 Å². The SMILES string of the molecule is O=C(O)[C@@H]1CN(C(=O)c2ccnc(-n3cnnc3)c2)C[C@H]1c1ccc(F)cc1. The van der Waals surface area contributed by atoms with Crippen molar-refractivity contribution in [3.05, 3.63) is 72.2 Å². The van der Waals surface area contributed by atoms with Crippen molar-refractivity contribution in [3.63, 3.8) is 0 Å². The number of carbonyl (C=O) groups is 2. The summed E-state index contributed by atoms with van der Waals surface area (Å²) in [6.45, 7) is 0.326. The Morgan fingerprint density at radius 3 is 2.46 bits per heavy atom. The topological polar surface area (TPSA) is 101 Å². The Morgan fingerprint density at radius 1 is 1.07 bits per heavy atom. The van der Waals surface area contributed by atoms with Gasteiger partial charge in [-0.3, -0.25) is 14.2 Å². The van der Waals surface area contributed by atoms with E-state index in [9.17, 15) is 19.1 Å². The van der Waals surface area contributed by atoms with E-state index in [1.807, 2.05) is 0 Å². The third-order valence-corrected chi connectivity index (χ3v) is 4.90. The molecular formula is C19H16FN5O3. The highest BCUT2D eigenvalue weighted by Crippen LogP contribution is 2.34. The van der Waals surface area contributed by atoms with Crippen molar-refractivity contribution in [2.75, 3.05) is 13.1 Å². The number of pyridine rings is 1. The molecule has 3 aromatic rings. The molecule has 0 bridgehead atoms. The minimum atomic E-state index is -0.982. The van der Waals surface area contributed by atoms with E-state index in [-0.39, 0.29) is 24.8 Å². The van der Waals surface area contributed by atoms with E-state index in [0.717, 1.165) is 0 Å². The molecule has 0 unspecified atom stereocenters. The molecule has 0 spiro atoms. The van der Waals surface area contributed by atoms with Crippen LogP contribution in [0.1, 0.15) is 21.8 Å².